The van der Waals surface area contributed by atoms with E-state index in [0.717, 1.165) is 7.11 Å². The van der Waals surface area contributed by atoms with Gasteiger partial charge in [-0.3, -0.25) is 54.7 Å². The van der Waals surface area contributed by atoms with Gasteiger partial charge in [0, 0.05) is 73.2 Å². The molecule has 0 spiro atoms. The number of hydrogen-bond acceptors (Lipinski definition) is 33. The fourth-order valence-corrected chi connectivity index (χ4v) is 15.4. The first kappa shape index (κ1) is 101. The van der Waals surface area contributed by atoms with Crippen molar-refractivity contribution in [1.82, 2.24) is 0 Å². The molecular weight excluding hydrogens is 1590 g/mol. The molecular formula is C45H103O44P11. The minimum atomic E-state index is -4.28. The highest BCUT2D eigenvalue weighted by atomic mass is 31.2. The Morgan fingerprint density at radius 1 is 0.210 bits per heavy atom. The van der Waals surface area contributed by atoms with Crippen molar-refractivity contribution in [2.45, 2.75) is 90.6 Å². The molecule has 602 valence electrons. The summed E-state index contributed by atoms with van der Waals surface area (Å²) in [5.41, 5.74) is -0.915. The minimum Gasteiger partial charge on any atom is -0.369 e. The highest BCUT2D eigenvalue weighted by Crippen LogP contribution is 2.50. The van der Waals surface area contributed by atoms with Gasteiger partial charge in [0.2, 0.25) is 0 Å². The van der Waals surface area contributed by atoms with Crippen LogP contribution in [-0.2, 0) is 152 Å². The van der Waals surface area contributed by atoms with Gasteiger partial charge in [0.1, 0.15) is 63.5 Å². The van der Waals surface area contributed by atoms with Gasteiger partial charge in [0.25, 0.3) is 0 Å². The SMILES string of the molecule is COP(=O)(O)COCCCOP(=O)(O)COCCCOP(=O)(O)COCCCOP(=O)(O)COCCCOP(=O)(O)COCCCOP(=O)(O)COCCCOP(=O)(O)COCCCOP(=O)(O)COCCCOP(=O)(O)COCCCOP(=O)(O)COCCCOP(=O)(O)OC(C)(C)C. The molecule has 0 amide bonds. The van der Waals surface area contributed by atoms with Crippen molar-refractivity contribution in [3.63, 3.8) is 0 Å². The van der Waals surface area contributed by atoms with Gasteiger partial charge in [0.05, 0.1) is 71.7 Å². The highest BCUT2D eigenvalue weighted by molar-refractivity contribution is 7.55. The van der Waals surface area contributed by atoms with Gasteiger partial charge in [0.15, 0.2) is 0 Å². The molecule has 0 aliphatic rings. The summed E-state index contributed by atoms with van der Waals surface area (Å²) in [6, 6.07) is 0. The number of rotatable bonds is 72. The number of ether oxygens (including phenoxy) is 10. The number of phosphoric ester groups is 1. The molecule has 0 heterocycles. The maximum Gasteiger partial charge on any atom is 0.472 e. The average molecular weight is 1690 g/mol. The molecule has 0 saturated carbocycles. The van der Waals surface area contributed by atoms with E-state index in [1.54, 1.807) is 20.8 Å². The summed E-state index contributed by atoms with van der Waals surface area (Å²) in [5, 5.41) is 0. The summed E-state index contributed by atoms with van der Waals surface area (Å²) in [4.78, 5) is 108. The number of phosphoric acid groups is 1. The fraction of sp³-hybridized carbons (Fsp3) is 1.00. The van der Waals surface area contributed by atoms with Crippen molar-refractivity contribution in [2.75, 3.05) is 203 Å². The Balaban J connectivity index is 3.94. The van der Waals surface area contributed by atoms with Crippen molar-refractivity contribution < 1.29 is 206 Å². The molecule has 0 bridgehead atoms. The molecule has 11 atom stereocenters. The van der Waals surface area contributed by atoms with Gasteiger partial charge < -0.3 is 146 Å². The smallest absolute Gasteiger partial charge is 0.369 e. The Morgan fingerprint density at radius 2 is 0.340 bits per heavy atom. The van der Waals surface area contributed by atoms with E-state index in [1.807, 2.05) is 0 Å². The van der Waals surface area contributed by atoms with E-state index in [9.17, 15) is 104 Å². The summed E-state index contributed by atoms with van der Waals surface area (Å²) < 4.78 is 242. The largest absolute Gasteiger partial charge is 0.472 e. The average Bonchev–Trinajstić information content (AvgIpc) is 0.893. The lowest BCUT2D eigenvalue weighted by Crippen LogP contribution is -2.18. The van der Waals surface area contributed by atoms with Crippen molar-refractivity contribution in [3.8, 4) is 0 Å². The van der Waals surface area contributed by atoms with Crippen molar-refractivity contribution >= 4 is 83.8 Å². The van der Waals surface area contributed by atoms with E-state index in [4.69, 9.17) is 97.1 Å². The quantitative estimate of drug-likeness (QED) is 0.0211. The van der Waals surface area contributed by atoms with Crippen molar-refractivity contribution in [3.05, 3.63) is 0 Å². The van der Waals surface area contributed by atoms with E-state index >= 15 is 0 Å². The van der Waals surface area contributed by atoms with E-state index in [1.165, 1.54) is 0 Å². The summed E-state index contributed by atoms with van der Waals surface area (Å²) in [7, 11) is -45.0. The predicted octanol–water partition coefficient (Wildman–Crippen LogP) is 7.21. The highest BCUT2D eigenvalue weighted by Gasteiger charge is 2.30. The van der Waals surface area contributed by atoms with E-state index in [2.05, 4.69) is 4.52 Å². The van der Waals surface area contributed by atoms with Gasteiger partial charge in [-0.25, -0.2) is 4.57 Å². The zero-order valence-electron chi connectivity index (χ0n) is 56.1. The van der Waals surface area contributed by atoms with Crippen LogP contribution < -0.4 is 0 Å². The normalized spacial score (nSPS) is 19.1. The van der Waals surface area contributed by atoms with Crippen LogP contribution in [0.3, 0.4) is 0 Å². The first-order chi connectivity index (χ1) is 46.3. The monoisotopic (exact) mass is 1690 g/mol. The molecule has 0 rings (SSSR count). The van der Waals surface area contributed by atoms with Crippen LogP contribution in [0.2, 0.25) is 0 Å². The molecule has 0 aliphatic carbocycles. The van der Waals surface area contributed by atoms with Gasteiger partial charge in [-0.2, -0.15) is 0 Å². The van der Waals surface area contributed by atoms with Gasteiger partial charge >= 0.3 is 83.8 Å². The molecule has 0 aliphatic heterocycles. The third kappa shape index (κ3) is 66.2. The lowest BCUT2D eigenvalue weighted by Gasteiger charge is -2.22. The molecule has 11 unspecified atom stereocenters. The van der Waals surface area contributed by atoms with Crippen LogP contribution in [0.5, 0.6) is 0 Å². The Kier molecular flexibility index (Phi) is 54.6. The van der Waals surface area contributed by atoms with Crippen LogP contribution in [0.1, 0.15) is 85.0 Å². The zero-order chi connectivity index (χ0) is 75.8. The minimum absolute atomic E-state index is 0.0112. The molecule has 44 nitrogen and oxygen atoms in total. The molecule has 0 radical (unpaired) electrons. The maximum atomic E-state index is 12.3. The van der Waals surface area contributed by atoms with Crippen LogP contribution in [0, 0.1) is 0 Å². The number of hydrogen-bond donors (Lipinski definition) is 11. The topological polar surface area (TPSA) is 613 Å². The van der Waals surface area contributed by atoms with Crippen LogP contribution in [0.25, 0.3) is 0 Å². The third-order valence-electron chi connectivity index (χ3n) is 10.4. The van der Waals surface area contributed by atoms with E-state index < -0.39 is 153 Å². The lowest BCUT2D eigenvalue weighted by molar-refractivity contribution is 0.0560. The second-order valence-corrected chi connectivity index (χ2v) is 40.9. The fourth-order valence-electron chi connectivity index (χ4n) is 6.21. The summed E-state index contributed by atoms with van der Waals surface area (Å²) in [6.45, 7) is 0.527. The predicted molar refractivity (Wildman–Crippen MR) is 350 cm³/mol. The van der Waals surface area contributed by atoms with Crippen LogP contribution in [0.15, 0.2) is 0 Å². The van der Waals surface area contributed by atoms with Crippen LogP contribution in [-0.4, -0.2) is 262 Å². The van der Waals surface area contributed by atoms with Crippen molar-refractivity contribution in [2.24, 2.45) is 0 Å². The Labute approximate surface area is 580 Å². The van der Waals surface area contributed by atoms with Crippen molar-refractivity contribution in [1.29, 1.82) is 0 Å². The molecule has 11 N–H and O–H groups in total. The lowest BCUT2D eigenvalue weighted by atomic mass is 10.2. The summed E-state index contributed by atoms with van der Waals surface area (Å²) in [5.74, 6) is 0. The zero-order valence-corrected chi connectivity index (χ0v) is 65.9. The first-order valence-corrected chi connectivity index (χ1v) is 49.5. The Bertz CT molecular complexity index is 2720. The molecule has 55 heteroatoms. The van der Waals surface area contributed by atoms with Crippen LogP contribution >= 0.6 is 83.8 Å². The van der Waals surface area contributed by atoms with E-state index in [-0.39, 0.29) is 196 Å². The molecule has 0 saturated heterocycles. The Hall–Kier alpha value is 1.21. The first-order valence-electron chi connectivity index (χ1n) is 30.3. The standard InChI is InChI=1S/C45H103O44P11/c1-45(2,3)89-100(66,67)88-34-14-24-78-44-99(64,65)87-33-13-23-77-43-98(62,63)86-32-12-22-76-42-97(60,61)85-31-11-21-75-41-96(58,59)84-30-10-20-74-40-95(56,57)83-29-9-19-73-39-94(54,55)82-28-8-18-72-38-93(52,53)81-27-7-17-71-37-92(50,51)80-26-6-16-70-36-91(48,49)79-25-5-15-69-35-90(46,47)68-4/h5-44H2,1-4H3,(H,46,47)(H,48,49)(H,50,51)(H,52,53)(H,54,55)(H,56,57)(H,58,59)(H,60,61)(H,62,63)(H,64,65)(H,66,67). The molecule has 100 heavy (non-hydrogen) atoms. The molecule has 0 aromatic heterocycles. The maximum absolute atomic E-state index is 12.3. The van der Waals surface area contributed by atoms with Gasteiger partial charge in [-0.1, -0.05) is 0 Å². The molecule has 0 aromatic carbocycles. The summed E-state index contributed by atoms with van der Waals surface area (Å²) >= 11 is 0. The van der Waals surface area contributed by atoms with Crippen LogP contribution in [0.4, 0.5) is 0 Å². The van der Waals surface area contributed by atoms with Gasteiger partial charge in [-0.05, 0) is 85.0 Å². The third-order valence-corrected chi connectivity index (χ3v) is 22.7. The molecule has 0 fully saturated rings. The van der Waals surface area contributed by atoms with Gasteiger partial charge in [-0.15, -0.1) is 0 Å². The summed E-state index contributed by atoms with van der Waals surface area (Å²) in [6.07, 6.45) is -6.54. The second kappa shape index (κ2) is 54.0. The Morgan fingerprint density at radius 3 is 0.470 bits per heavy atom. The molecule has 0 aromatic rings. The van der Waals surface area contributed by atoms with E-state index in [0.29, 0.717) is 0 Å². The second-order valence-electron chi connectivity index (χ2n) is 21.5.